The van der Waals surface area contributed by atoms with Crippen LogP contribution in [0.1, 0.15) is 39.6 Å². The summed E-state index contributed by atoms with van der Waals surface area (Å²) in [5, 5.41) is 2.93. The van der Waals surface area contributed by atoms with Gasteiger partial charge in [-0.15, -0.1) is 0 Å². The van der Waals surface area contributed by atoms with Gasteiger partial charge in [0.15, 0.2) is 0 Å². The summed E-state index contributed by atoms with van der Waals surface area (Å²) >= 11 is 0. The molecule has 178 valence electrons. The molecular formula is C27H30FN3O3. The molecule has 1 N–H and O–H groups in total. The Morgan fingerprint density at radius 1 is 0.941 bits per heavy atom. The number of benzene rings is 3. The Labute approximate surface area is 200 Å². The number of rotatable bonds is 9. The van der Waals surface area contributed by atoms with Gasteiger partial charge in [-0.1, -0.05) is 6.92 Å². The molecule has 0 heterocycles. The van der Waals surface area contributed by atoms with Crippen molar-refractivity contribution in [1.82, 2.24) is 4.90 Å². The lowest BCUT2D eigenvalue weighted by Crippen LogP contribution is -2.32. The summed E-state index contributed by atoms with van der Waals surface area (Å²) < 4.78 is 18.5. The molecule has 0 aromatic heterocycles. The molecule has 6 nitrogen and oxygen atoms in total. The van der Waals surface area contributed by atoms with Crippen molar-refractivity contribution < 1.29 is 18.7 Å². The van der Waals surface area contributed by atoms with Gasteiger partial charge in [-0.3, -0.25) is 9.59 Å². The lowest BCUT2D eigenvalue weighted by Gasteiger charge is -2.26. The third-order valence-corrected chi connectivity index (χ3v) is 5.40. The van der Waals surface area contributed by atoms with Crippen LogP contribution in [-0.4, -0.2) is 44.5 Å². The molecule has 3 aromatic rings. The van der Waals surface area contributed by atoms with Crippen LogP contribution in [0, 0.1) is 5.82 Å². The largest absolute Gasteiger partial charge is 0.497 e. The molecule has 0 radical (unpaired) electrons. The van der Waals surface area contributed by atoms with E-state index in [1.807, 2.05) is 44.1 Å². The molecule has 0 aliphatic rings. The predicted molar refractivity (Wildman–Crippen MR) is 133 cm³/mol. The maximum Gasteiger partial charge on any atom is 0.255 e. The Bertz CT molecular complexity index is 1130. The van der Waals surface area contributed by atoms with Crippen molar-refractivity contribution in [3.05, 3.63) is 89.2 Å². The molecule has 0 unspecified atom stereocenters. The highest BCUT2D eigenvalue weighted by Gasteiger charge is 2.18. The normalized spacial score (nSPS) is 10.5. The zero-order chi connectivity index (χ0) is 24.7. The van der Waals surface area contributed by atoms with Crippen LogP contribution in [0.5, 0.6) is 5.75 Å². The highest BCUT2D eigenvalue weighted by molar-refractivity contribution is 6.04. The van der Waals surface area contributed by atoms with Crippen LogP contribution >= 0.6 is 0 Å². The first kappa shape index (κ1) is 24.8. The van der Waals surface area contributed by atoms with Crippen molar-refractivity contribution in [2.75, 3.05) is 38.0 Å². The minimum absolute atomic E-state index is 0.167. The molecule has 34 heavy (non-hydrogen) atoms. The molecule has 3 rings (SSSR count). The van der Waals surface area contributed by atoms with E-state index in [1.165, 1.54) is 24.3 Å². The minimum Gasteiger partial charge on any atom is -0.497 e. The highest BCUT2D eigenvalue weighted by Crippen LogP contribution is 2.26. The van der Waals surface area contributed by atoms with E-state index in [-0.39, 0.29) is 17.6 Å². The quantitative estimate of drug-likeness (QED) is 0.474. The van der Waals surface area contributed by atoms with Crippen molar-refractivity contribution in [3.8, 4) is 5.75 Å². The number of hydrogen-bond acceptors (Lipinski definition) is 4. The van der Waals surface area contributed by atoms with Crippen LogP contribution in [0.15, 0.2) is 66.7 Å². The number of anilines is 2. The Morgan fingerprint density at radius 2 is 1.59 bits per heavy atom. The average Bonchev–Trinajstić information content (AvgIpc) is 2.84. The summed E-state index contributed by atoms with van der Waals surface area (Å²) in [7, 11) is 5.44. The van der Waals surface area contributed by atoms with Gasteiger partial charge in [0.2, 0.25) is 0 Å². The number of carbonyl (C=O) groups is 2. The molecule has 7 heteroatoms. The predicted octanol–water partition coefficient (Wildman–Crippen LogP) is 5.21. The number of nitrogens with zero attached hydrogens (tertiary/aromatic N) is 2. The van der Waals surface area contributed by atoms with Gasteiger partial charge in [-0.25, -0.2) is 4.39 Å². The molecular weight excluding hydrogens is 433 g/mol. The lowest BCUT2D eigenvalue weighted by molar-refractivity contribution is 0.0743. The van der Waals surface area contributed by atoms with Gasteiger partial charge in [0.05, 0.1) is 7.11 Å². The fraction of sp³-hybridized carbons (Fsp3) is 0.259. The highest BCUT2D eigenvalue weighted by atomic mass is 19.1. The standard InChI is InChI=1S/C27H30FN3O3/c1-5-16-31(27(33)20-6-10-22(28)11-7-20)18-21-17-23(12-15-25(21)30(2)3)29-26(32)19-8-13-24(34-4)14-9-19/h6-15,17H,5,16,18H2,1-4H3,(H,29,32). The monoisotopic (exact) mass is 463 g/mol. The van der Waals surface area contributed by atoms with Crippen LogP contribution < -0.4 is 15.0 Å². The van der Waals surface area contributed by atoms with Crippen molar-refractivity contribution in [1.29, 1.82) is 0 Å². The summed E-state index contributed by atoms with van der Waals surface area (Å²) in [6.45, 7) is 2.90. The minimum atomic E-state index is -0.381. The van der Waals surface area contributed by atoms with Crippen molar-refractivity contribution in [2.45, 2.75) is 19.9 Å². The Hall–Kier alpha value is -3.87. The Morgan fingerprint density at radius 3 is 2.18 bits per heavy atom. The smallest absolute Gasteiger partial charge is 0.255 e. The van der Waals surface area contributed by atoms with Crippen LogP contribution in [0.25, 0.3) is 0 Å². The number of carbonyl (C=O) groups excluding carboxylic acids is 2. The maximum atomic E-state index is 13.3. The van der Waals surface area contributed by atoms with Gasteiger partial charge in [0.25, 0.3) is 11.8 Å². The summed E-state index contributed by atoms with van der Waals surface area (Å²) in [5.74, 6) is -0.108. The van der Waals surface area contributed by atoms with Gasteiger partial charge < -0.3 is 19.9 Å². The molecule has 0 fully saturated rings. The third-order valence-electron chi connectivity index (χ3n) is 5.40. The number of ether oxygens (including phenoxy) is 1. The Kier molecular flexibility index (Phi) is 8.24. The summed E-state index contributed by atoms with van der Waals surface area (Å²) in [4.78, 5) is 29.6. The number of methoxy groups -OCH3 is 1. The molecule has 0 aliphatic carbocycles. The van der Waals surface area contributed by atoms with Crippen molar-refractivity contribution >= 4 is 23.2 Å². The average molecular weight is 464 g/mol. The fourth-order valence-electron chi connectivity index (χ4n) is 3.67. The third kappa shape index (κ3) is 6.13. The molecule has 2 amide bonds. The van der Waals surface area contributed by atoms with E-state index in [0.29, 0.717) is 35.7 Å². The summed E-state index contributed by atoms with van der Waals surface area (Å²) in [6.07, 6.45) is 0.776. The second kappa shape index (κ2) is 11.3. The van der Waals surface area contributed by atoms with Crippen molar-refractivity contribution in [3.63, 3.8) is 0 Å². The molecule has 0 saturated carbocycles. The van der Waals surface area contributed by atoms with Gasteiger partial charge in [-0.05, 0) is 78.7 Å². The van der Waals surface area contributed by atoms with Gasteiger partial charge in [0, 0.05) is 49.7 Å². The molecule has 0 bridgehead atoms. The first-order valence-corrected chi connectivity index (χ1v) is 11.1. The van der Waals surface area contributed by atoms with E-state index in [4.69, 9.17) is 4.74 Å². The van der Waals surface area contributed by atoms with Crippen LogP contribution in [-0.2, 0) is 6.54 Å². The second-order valence-electron chi connectivity index (χ2n) is 8.15. The van der Waals surface area contributed by atoms with Gasteiger partial charge >= 0.3 is 0 Å². The topological polar surface area (TPSA) is 61.9 Å². The van der Waals surface area contributed by atoms with Gasteiger partial charge in [0.1, 0.15) is 11.6 Å². The first-order valence-electron chi connectivity index (χ1n) is 11.1. The zero-order valence-corrected chi connectivity index (χ0v) is 20.0. The number of nitrogens with one attached hydrogen (secondary N) is 1. The van der Waals surface area contributed by atoms with E-state index >= 15 is 0 Å². The SMILES string of the molecule is CCCN(Cc1cc(NC(=O)c2ccc(OC)cc2)ccc1N(C)C)C(=O)c1ccc(F)cc1. The maximum absolute atomic E-state index is 13.3. The van der Waals surface area contributed by atoms with Crippen LogP contribution in [0.2, 0.25) is 0 Å². The van der Waals surface area contributed by atoms with E-state index < -0.39 is 0 Å². The fourth-order valence-corrected chi connectivity index (χ4v) is 3.67. The molecule has 0 aliphatic heterocycles. The van der Waals surface area contributed by atoms with Gasteiger partial charge in [-0.2, -0.15) is 0 Å². The molecule has 0 spiro atoms. The molecule has 0 saturated heterocycles. The molecule has 3 aromatic carbocycles. The zero-order valence-electron chi connectivity index (χ0n) is 20.0. The number of hydrogen-bond donors (Lipinski definition) is 1. The summed E-state index contributed by atoms with van der Waals surface area (Å²) in [5.41, 5.74) is 3.41. The van der Waals surface area contributed by atoms with Crippen LogP contribution in [0.4, 0.5) is 15.8 Å². The number of halogens is 1. The van der Waals surface area contributed by atoms with Crippen molar-refractivity contribution in [2.24, 2.45) is 0 Å². The van der Waals surface area contributed by atoms with E-state index in [2.05, 4.69) is 5.32 Å². The molecule has 0 atom stereocenters. The lowest BCUT2D eigenvalue weighted by atomic mass is 10.1. The van der Waals surface area contributed by atoms with E-state index in [9.17, 15) is 14.0 Å². The van der Waals surface area contributed by atoms with Crippen LogP contribution in [0.3, 0.4) is 0 Å². The van der Waals surface area contributed by atoms with E-state index in [0.717, 1.165) is 17.7 Å². The summed E-state index contributed by atoms with van der Waals surface area (Å²) in [6, 6.07) is 18.1. The number of amides is 2. The van der Waals surface area contributed by atoms with E-state index in [1.54, 1.807) is 36.3 Å². The second-order valence-corrected chi connectivity index (χ2v) is 8.15. The first-order chi connectivity index (χ1) is 16.3. The Balaban J connectivity index is 1.85.